The number of anilines is 2. The summed E-state index contributed by atoms with van der Waals surface area (Å²) in [6.07, 6.45) is 4.09. The highest BCUT2D eigenvalue weighted by atomic mass is 32.2. The number of carbonyl (C=O) groups excluding carboxylic acids is 1. The monoisotopic (exact) mass is 452 g/mol. The maximum Gasteiger partial charge on any atom is 0.263 e. The third-order valence-corrected chi connectivity index (χ3v) is 7.74. The van der Waals surface area contributed by atoms with Crippen molar-refractivity contribution in [1.82, 2.24) is 9.55 Å². The van der Waals surface area contributed by atoms with Crippen molar-refractivity contribution in [2.45, 2.75) is 24.3 Å². The number of benzene rings is 2. The standard InChI is InChI=1S/C22H20N4O3S2/c1-15(25-11-8-16-4-2-3-5-19(16)25)21(27)26-12-9-17-14-18(6-7-20(17)26)31(28,29)24-22-23-10-13-30-22/h2-8,10-11,13-15H,9,12H2,1H3,(H,23,24)/t15-/m0/s1. The van der Waals surface area contributed by atoms with Crippen LogP contribution in [0.5, 0.6) is 0 Å². The summed E-state index contributed by atoms with van der Waals surface area (Å²) in [5.41, 5.74) is 2.62. The highest BCUT2D eigenvalue weighted by Crippen LogP contribution is 2.33. The lowest BCUT2D eigenvalue weighted by atomic mass is 10.2. The number of carbonyl (C=O) groups is 1. The van der Waals surface area contributed by atoms with Crippen molar-refractivity contribution in [1.29, 1.82) is 0 Å². The molecule has 3 heterocycles. The Morgan fingerprint density at radius 3 is 2.84 bits per heavy atom. The summed E-state index contributed by atoms with van der Waals surface area (Å²) in [6, 6.07) is 14.5. The number of fused-ring (bicyclic) bond motifs is 2. The van der Waals surface area contributed by atoms with Gasteiger partial charge in [-0.1, -0.05) is 18.2 Å². The molecule has 1 atom stereocenters. The molecule has 1 N–H and O–H groups in total. The van der Waals surface area contributed by atoms with Crippen LogP contribution < -0.4 is 9.62 Å². The number of para-hydroxylation sites is 1. The molecule has 2 aromatic heterocycles. The lowest BCUT2D eigenvalue weighted by Gasteiger charge is -2.23. The number of thiazole rings is 1. The average Bonchev–Trinajstić information content (AvgIpc) is 3.51. The number of nitrogens with zero attached hydrogens (tertiary/aromatic N) is 3. The zero-order valence-corrected chi connectivity index (χ0v) is 18.4. The summed E-state index contributed by atoms with van der Waals surface area (Å²) in [4.78, 5) is 19.2. The molecule has 31 heavy (non-hydrogen) atoms. The molecule has 0 saturated heterocycles. The van der Waals surface area contributed by atoms with Gasteiger partial charge in [0.05, 0.1) is 4.90 Å². The fourth-order valence-corrected chi connectivity index (χ4v) is 5.85. The number of amides is 1. The van der Waals surface area contributed by atoms with E-state index < -0.39 is 10.0 Å². The second-order valence-electron chi connectivity index (χ2n) is 7.43. The first-order chi connectivity index (χ1) is 14.9. The van der Waals surface area contributed by atoms with Gasteiger partial charge in [0.15, 0.2) is 5.13 Å². The van der Waals surface area contributed by atoms with Gasteiger partial charge < -0.3 is 9.47 Å². The topological polar surface area (TPSA) is 84.3 Å². The van der Waals surface area contributed by atoms with Gasteiger partial charge in [-0.05, 0) is 54.6 Å². The number of hydrogen-bond donors (Lipinski definition) is 1. The van der Waals surface area contributed by atoms with Gasteiger partial charge >= 0.3 is 0 Å². The molecule has 0 spiro atoms. The average molecular weight is 453 g/mol. The molecule has 1 amide bonds. The molecule has 2 aromatic carbocycles. The van der Waals surface area contributed by atoms with Gasteiger partial charge in [0, 0.05) is 35.5 Å². The zero-order valence-electron chi connectivity index (χ0n) is 16.7. The van der Waals surface area contributed by atoms with Gasteiger partial charge in [0.25, 0.3) is 10.0 Å². The van der Waals surface area contributed by atoms with Gasteiger partial charge in [-0.3, -0.25) is 9.52 Å². The van der Waals surface area contributed by atoms with Gasteiger partial charge in [0.1, 0.15) is 6.04 Å². The van der Waals surface area contributed by atoms with Gasteiger partial charge in [0.2, 0.25) is 5.91 Å². The molecule has 4 aromatic rings. The van der Waals surface area contributed by atoms with Crippen molar-refractivity contribution >= 4 is 49.0 Å². The smallest absolute Gasteiger partial charge is 0.263 e. The van der Waals surface area contributed by atoms with Crippen molar-refractivity contribution in [2.75, 3.05) is 16.2 Å². The number of sulfonamides is 1. The van der Waals surface area contributed by atoms with E-state index in [0.29, 0.717) is 18.1 Å². The molecule has 0 aliphatic carbocycles. The lowest BCUT2D eigenvalue weighted by Crippen LogP contribution is -2.34. The van der Waals surface area contributed by atoms with Crippen LogP contribution in [-0.4, -0.2) is 30.4 Å². The molecule has 0 saturated carbocycles. The maximum atomic E-state index is 13.3. The van der Waals surface area contributed by atoms with E-state index in [9.17, 15) is 13.2 Å². The van der Waals surface area contributed by atoms with Crippen LogP contribution in [0.2, 0.25) is 0 Å². The third kappa shape index (κ3) is 3.49. The Balaban J connectivity index is 1.41. The van der Waals surface area contributed by atoms with Crippen molar-refractivity contribution in [3.05, 3.63) is 71.9 Å². The van der Waals surface area contributed by atoms with Crippen LogP contribution in [0.3, 0.4) is 0 Å². The molecule has 9 heteroatoms. The van der Waals surface area contributed by atoms with Crippen LogP contribution in [0.4, 0.5) is 10.8 Å². The number of rotatable bonds is 5. The SMILES string of the molecule is C[C@@H](C(=O)N1CCc2cc(S(=O)(=O)Nc3nccs3)ccc21)n1ccc2ccccc21. The fourth-order valence-electron chi connectivity index (χ4n) is 4.01. The largest absolute Gasteiger partial charge is 0.335 e. The highest BCUT2D eigenvalue weighted by molar-refractivity contribution is 7.93. The summed E-state index contributed by atoms with van der Waals surface area (Å²) in [7, 11) is -3.73. The van der Waals surface area contributed by atoms with E-state index in [-0.39, 0.29) is 16.8 Å². The predicted molar refractivity (Wildman–Crippen MR) is 122 cm³/mol. The Bertz CT molecular complexity index is 1380. The van der Waals surface area contributed by atoms with Crippen LogP contribution in [-0.2, 0) is 21.2 Å². The first kappa shape index (κ1) is 19.8. The van der Waals surface area contributed by atoms with E-state index in [1.54, 1.807) is 28.6 Å². The van der Waals surface area contributed by atoms with Crippen LogP contribution >= 0.6 is 11.3 Å². The Labute approximate surface area is 184 Å². The third-order valence-electron chi connectivity index (χ3n) is 5.58. The summed E-state index contributed by atoms with van der Waals surface area (Å²) in [5.74, 6) is -0.0170. The maximum absolute atomic E-state index is 13.3. The second-order valence-corrected chi connectivity index (χ2v) is 10.0. The normalized spacial score (nSPS) is 14.5. The zero-order chi connectivity index (χ0) is 21.6. The molecule has 5 rings (SSSR count). The van der Waals surface area contributed by atoms with E-state index in [4.69, 9.17) is 0 Å². The van der Waals surface area contributed by atoms with Gasteiger partial charge in [-0.15, -0.1) is 11.3 Å². The summed E-state index contributed by atoms with van der Waals surface area (Å²) in [5, 5.41) is 3.12. The fraction of sp³-hybridized carbons (Fsp3) is 0.182. The van der Waals surface area contributed by atoms with E-state index in [1.165, 1.54) is 17.4 Å². The minimum absolute atomic E-state index is 0.0170. The lowest BCUT2D eigenvalue weighted by molar-refractivity contribution is -0.121. The van der Waals surface area contributed by atoms with Crippen molar-refractivity contribution < 1.29 is 13.2 Å². The number of nitrogens with one attached hydrogen (secondary N) is 1. The van der Waals surface area contributed by atoms with E-state index in [1.807, 2.05) is 48.0 Å². The van der Waals surface area contributed by atoms with Gasteiger partial charge in [-0.25, -0.2) is 13.4 Å². The molecule has 0 bridgehead atoms. The van der Waals surface area contributed by atoms with Crippen molar-refractivity contribution in [2.24, 2.45) is 0 Å². The molecule has 158 valence electrons. The van der Waals surface area contributed by atoms with E-state index in [2.05, 4.69) is 9.71 Å². The number of hydrogen-bond acceptors (Lipinski definition) is 5. The minimum Gasteiger partial charge on any atom is -0.335 e. The summed E-state index contributed by atoms with van der Waals surface area (Å²) < 4.78 is 29.8. The molecule has 0 radical (unpaired) electrons. The predicted octanol–water partition coefficient (Wildman–Crippen LogP) is 4.05. The molecule has 1 aliphatic rings. The van der Waals surface area contributed by atoms with E-state index in [0.717, 1.165) is 22.2 Å². The minimum atomic E-state index is -3.73. The second kappa shape index (κ2) is 7.51. The first-order valence-corrected chi connectivity index (χ1v) is 12.2. The molecule has 0 unspecified atom stereocenters. The van der Waals surface area contributed by atoms with Crippen LogP contribution in [0.25, 0.3) is 10.9 Å². The van der Waals surface area contributed by atoms with Crippen molar-refractivity contribution in [3.63, 3.8) is 0 Å². The molecular formula is C22H20N4O3S2. The van der Waals surface area contributed by atoms with Crippen LogP contribution in [0.1, 0.15) is 18.5 Å². The Kier molecular flexibility index (Phi) is 4.79. The van der Waals surface area contributed by atoms with E-state index >= 15 is 0 Å². The molecular weight excluding hydrogens is 432 g/mol. The van der Waals surface area contributed by atoms with Crippen LogP contribution in [0, 0.1) is 0 Å². The Hall–Kier alpha value is -3.17. The highest BCUT2D eigenvalue weighted by Gasteiger charge is 2.30. The molecule has 0 fully saturated rings. The Morgan fingerprint density at radius 1 is 1.19 bits per heavy atom. The first-order valence-electron chi connectivity index (χ1n) is 9.86. The number of aromatic nitrogens is 2. The Morgan fingerprint density at radius 2 is 2.03 bits per heavy atom. The summed E-state index contributed by atoms with van der Waals surface area (Å²) >= 11 is 1.22. The molecule has 7 nitrogen and oxygen atoms in total. The van der Waals surface area contributed by atoms with Crippen LogP contribution in [0.15, 0.2) is 71.2 Å². The molecule has 1 aliphatic heterocycles. The summed E-state index contributed by atoms with van der Waals surface area (Å²) in [6.45, 7) is 2.42. The van der Waals surface area contributed by atoms with Crippen molar-refractivity contribution in [3.8, 4) is 0 Å². The van der Waals surface area contributed by atoms with Gasteiger partial charge in [-0.2, -0.15) is 0 Å². The quantitative estimate of drug-likeness (QED) is 0.495.